The van der Waals surface area contributed by atoms with Crippen LogP contribution in [0.2, 0.25) is 0 Å². The van der Waals surface area contributed by atoms with E-state index in [-0.39, 0.29) is 24.0 Å². The minimum Gasteiger partial charge on any atom is -0.444 e. The van der Waals surface area contributed by atoms with Gasteiger partial charge in [0.15, 0.2) is 0 Å². The van der Waals surface area contributed by atoms with Crippen LogP contribution in [0.1, 0.15) is 63.6 Å². The van der Waals surface area contributed by atoms with Crippen LogP contribution in [0.3, 0.4) is 0 Å². The molecule has 200 valence electrons. The lowest BCUT2D eigenvalue weighted by Crippen LogP contribution is -2.39. The highest BCUT2D eigenvalue weighted by molar-refractivity contribution is 5.79. The number of hydrogen-bond donors (Lipinski definition) is 2. The first-order valence-electron chi connectivity index (χ1n) is 13.7. The summed E-state index contributed by atoms with van der Waals surface area (Å²) in [5, 5.41) is 6.28. The van der Waals surface area contributed by atoms with Crippen molar-refractivity contribution >= 4 is 12.0 Å². The van der Waals surface area contributed by atoms with E-state index in [0.717, 1.165) is 48.8 Å². The van der Waals surface area contributed by atoms with Crippen LogP contribution < -0.4 is 10.6 Å². The number of amides is 2. The first-order valence-corrected chi connectivity index (χ1v) is 13.7. The van der Waals surface area contributed by atoms with E-state index in [9.17, 15) is 9.59 Å². The fraction of sp³-hybridized carbons (Fsp3) is 0.394. The zero-order valence-electron chi connectivity index (χ0n) is 22.8. The van der Waals surface area contributed by atoms with Crippen LogP contribution in [0.4, 0.5) is 4.79 Å². The van der Waals surface area contributed by atoms with Crippen LogP contribution in [-0.2, 0) is 16.0 Å². The van der Waals surface area contributed by atoms with E-state index in [1.54, 1.807) is 0 Å². The second kappa shape index (κ2) is 12.8. The molecule has 1 aliphatic carbocycles. The van der Waals surface area contributed by atoms with Gasteiger partial charge in [-0.3, -0.25) is 4.79 Å². The molecule has 4 rings (SSSR count). The van der Waals surface area contributed by atoms with E-state index < -0.39 is 5.60 Å². The lowest BCUT2D eigenvalue weighted by atomic mass is 9.81. The maximum atomic E-state index is 13.5. The average molecular weight is 513 g/mol. The molecule has 0 saturated heterocycles. The number of ether oxygens (including phenoxy) is 1. The summed E-state index contributed by atoms with van der Waals surface area (Å²) in [5.41, 5.74) is 4.11. The summed E-state index contributed by atoms with van der Waals surface area (Å²) in [5.74, 6) is 0.479. The van der Waals surface area contributed by atoms with Crippen LogP contribution in [0.15, 0.2) is 84.9 Å². The number of carbonyl (C=O) groups excluding carboxylic acids is 2. The molecule has 2 amide bonds. The van der Waals surface area contributed by atoms with Gasteiger partial charge < -0.3 is 15.4 Å². The van der Waals surface area contributed by atoms with Gasteiger partial charge in [0.25, 0.3) is 0 Å². The topological polar surface area (TPSA) is 67.4 Å². The van der Waals surface area contributed by atoms with Gasteiger partial charge in [0.05, 0.1) is 6.04 Å². The molecule has 0 bridgehead atoms. The van der Waals surface area contributed by atoms with Crippen molar-refractivity contribution < 1.29 is 14.3 Å². The van der Waals surface area contributed by atoms with E-state index in [0.29, 0.717) is 12.5 Å². The number of hydrogen-bond acceptors (Lipinski definition) is 3. The molecule has 1 aliphatic rings. The molecule has 38 heavy (non-hydrogen) atoms. The molecule has 1 unspecified atom stereocenters. The number of rotatable bonds is 8. The molecule has 0 aliphatic heterocycles. The second-order valence-corrected chi connectivity index (χ2v) is 11.3. The maximum Gasteiger partial charge on any atom is 0.407 e. The lowest BCUT2D eigenvalue weighted by molar-refractivity contribution is -0.127. The monoisotopic (exact) mass is 512 g/mol. The Morgan fingerprint density at radius 1 is 0.842 bits per heavy atom. The summed E-state index contributed by atoms with van der Waals surface area (Å²) < 4.78 is 5.35. The van der Waals surface area contributed by atoms with E-state index in [2.05, 4.69) is 59.2 Å². The SMILES string of the molecule is CC(C)(C)OC(=O)NC[C@H]1CC[C@H](C(=O)NC(Cc2ccccc2)c2cccc(-c3ccccc3)c2)CC1. The highest BCUT2D eigenvalue weighted by atomic mass is 16.6. The van der Waals surface area contributed by atoms with Crippen molar-refractivity contribution in [2.45, 2.75) is 64.5 Å². The molecule has 0 spiro atoms. The maximum absolute atomic E-state index is 13.5. The van der Waals surface area contributed by atoms with Gasteiger partial charge in [-0.1, -0.05) is 78.9 Å². The Labute approximate surface area is 227 Å². The Hall–Kier alpha value is -3.60. The zero-order valence-corrected chi connectivity index (χ0v) is 22.8. The number of benzene rings is 3. The van der Waals surface area contributed by atoms with E-state index in [4.69, 9.17) is 4.74 Å². The largest absolute Gasteiger partial charge is 0.444 e. The summed E-state index contributed by atoms with van der Waals surface area (Å²) in [6, 6.07) is 29.1. The van der Waals surface area contributed by atoms with Crippen LogP contribution in [0.5, 0.6) is 0 Å². The summed E-state index contributed by atoms with van der Waals surface area (Å²) in [4.78, 5) is 25.5. The Kier molecular flexibility index (Phi) is 9.22. The van der Waals surface area contributed by atoms with Crippen molar-refractivity contribution in [2.24, 2.45) is 11.8 Å². The quantitative estimate of drug-likeness (QED) is 0.339. The molecule has 5 nitrogen and oxygen atoms in total. The molecule has 1 saturated carbocycles. The predicted octanol–water partition coefficient (Wildman–Crippen LogP) is 7.08. The standard InChI is InChI=1S/C33H40N2O3/c1-33(2,3)38-32(37)34-23-25-17-19-27(20-18-25)31(36)35-30(21-24-11-6-4-7-12-24)29-16-10-15-28(22-29)26-13-8-5-9-14-26/h4-16,22,25,27,30H,17-21,23H2,1-3H3,(H,34,37)(H,35,36)/t25-,27-,30?. The molecule has 3 aromatic rings. The highest BCUT2D eigenvalue weighted by Gasteiger charge is 2.29. The summed E-state index contributed by atoms with van der Waals surface area (Å²) in [6.07, 6.45) is 3.85. The molecule has 0 radical (unpaired) electrons. The van der Waals surface area contributed by atoms with Gasteiger partial charge in [-0.05, 0) is 87.1 Å². The first kappa shape index (κ1) is 27.4. The van der Waals surface area contributed by atoms with Gasteiger partial charge in [-0.2, -0.15) is 0 Å². The molecule has 5 heteroatoms. The van der Waals surface area contributed by atoms with Crippen LogP contribution >= 0.6 is 0 Å². The molecular weight excluding hydrogens is 472 g/mol. The minimum atomic E-state index is -0.503. The normalized spacial score (nSPS) is 18.3. The Balaban J connectivity index is 1.39. The van der Waals surface area contributed by atoms with Crippen LogP contribution in [-0.4, -0.2) is 24.1 Å². The lowest BCUT2D eigenvalue weighted by Gasteiger charge is -2.30. The molecule has 3 aromatic carbocycles. The van der Waals surface area contributed by atoms with Crippen molar-refractivity contribution in [3.8, 4) is 11.1 Å². The van der Waals surface area contributed by atoms with Crippen LogP contribution in [0.25, 0.3) is 11.1 Å². The summed E-state index contributed by atoms with van der Waals surface area (Å²) in [6.45, 7) is 6.17. The highest BCUT2D eigenvalue weighted by Crippen LogP contribution is 2.30. The van der Waals surface area contributed by atoms with Gasteiger partial charge >= 0.3 is 6.09 Å². The molecule has 1 atom stereocenters. The predicted molar refractivity (Wildman–Crippen MR) is 153 cm³/mol. The molecule has 0 heterocycles. The molecular formula is C33H40N2O3. The van der Waals surface area contributed by atoms with Gasteiger partial charge in [0.1, 0.15) is 5.60 Å². The third kappa shape index (κ3) is 8.20. The summed E-state index contributed by atoms with van der Waals surface area (Å²) in [7, 11) is 0. The van der Waals surface area contributed by atoms with E-state index in [1.807, 2.05) is 57.2 Å². The average Bonchev–Trinajstić information content (AvgIpc) is 2.92. The fourth-order valence-electron chi connectivity index (χ4n) is 5.13. The number of nitrogens with one attached hydrogen (secondary N) is 2. The van der Waals surface area contributed by atoms with Crippen molar-refractivity contribution in [2.75, 3.05) is 6.54 Å². The van der Waals surface area contributed by atoms with E-state index >= 15 is 0 Å². The third-order valence-electron chi connectivity index (χ3n) is 7.15. The van der Waals surface area contributed by atoms with Crippen molar-refractivity contribution in [1.82, 2.24) is 10.6 Å². The van der Waals surface area contributed by atoms with Gasteiger partial charge in [0, 0.05) is 12.5 Å². The van der Waals surface area contributed by atoms with Gasteiger partial charge in [-0.25, -0.2) is 4.79 Å². The molecule has 0 aromatic heterocycles. The van der Waals surface area contributed by atoms with Crippen molar-refractivity contribution in [3.63, 3.8) is 0 Å². The Morgan fingerprint density at radius 3 is 2.13 bits per heavy atom. The summed E-state index contributed by atoms with van der Waals surface area (Å²) >= 11 is 0. The minimum absolute atomic E-state index is 0.0108. The number of alkyl carbamates (subject to hydrolysis) is 1. The van der Waals surface area contributed by atoms with Gasteiger partial charge in [-0.15, -0.1) is 0 Å². The van der Waals surface area contributed by atoms with Crippen LogP contribution in [0, 0.1) is 11.8 Å². The zero-order chi connectivity index (χ0) is 27.0. The van der Waals surface area contributed by atoms with Crippen molar-refractivity contribution in [3.05, 3.63) is 96.1 Å². The first-order chi connectivity index (χ1) is 18.3. The Bertz CT molecular complexity index is 1180. The third-order valence-corrected chi connectivity index (χ3v) is 7.15. The van der Waals surface area contributed by atoms with Crippen molar-refractivity contribution in [1.29, 1.82) is 0 Å². The Morgan fingerprint density at radius 2 is 1.47 bits per heavy atom. The fourth-order valence-corrected chi connectivity index (χ4v) is 5.13. The number of carbonyl (C=O) groups is 2. The smallest absolute Gasteiger partial charge is 0.407 e. The molecule has 1 fully saturated rings. The van der Waals surface area contributed by atoms with Gasteiger partial charge in [0.2, 0.25) is 5.91 Å². The second-order valence-electron chi connectivity index (χ2n) is 11.3. The van der Waals surface area contributed by atoms with E-state index in [1.165, 1.54) is 5.56 Å². The molecule has 2 N–H and O–H groups in total.